The molecule has 1 aromatic rings. The number of carbonyl (C=O) groups excluding carboxylic acids is 1. The Morgan fingerprint density at radius 1 is 1.60 bits per heavy atom. The topological polar surface area (TPSA) is 110 Å². The predicted octanol–water partition coefficient (Wildman–Crippen LogP) is 0.913. The predicted molar refractivity (Wildman–Crippen MR) is 68.6 cm³/mol. The van der Waals surface area contributed by atoms with E-state index in [9.17, 15) is 24.4 Å². The van der Waals surface area contributed by atoms with Gasteiger partial charge in [-0.1, -0.05) is 0 Å². The van der Waals surface area contributed by atoms with Crippen molar-refractivity contribution in [1.29, 1.82) is 0 Å². The number of nitro groups is 1. The van der Waals surface area contributed by atoms with Gasteiger partial charge < -0.3 is 15.7 Å². The fraction of sp³-hybridized carbons (Fsp3) is 0.417. The zero-order valence-corrected chi connectivity index (χ0v) is 10.6. The van der Waals surface area contributed by atoms with Gasteiger partial charge in [-0.3, -0.25) is 14.9 Å². The second kappa shape index (κ2) is 5.41. The summed E-state index contributed by atoms with van der Waals surface area (Å²) in [6.45, 7) is 0.189. The number of halogens is 1. The maximum Gasteiger partial charge on any atom is 0.285 e. The minimum absolute atomic E-state index is 0.212. The van der Waals surface area contributed by atoms with Crippen LogP contribution in [-0.4, -0.2) is 40.0 Å². The van der Waals surface area contributed by atoms with Crippen molar-refractivity contribution in [3.63, 3.8) is 0 Å². The van der Waals surface area contributed by atoms with Gasteiger partial charge in [0.1, 0.15) is 5.56 Å². The lowest BCUT2D eigenvalue weighted by molar-refractivity contribution is -0.385. The average Bonchev–Trinajstić information content (AvgIpc) is 2.88. The monoisotopic (exact) mass is 283 g/mol. The van der Waals surface area contributed by atoms with Gasteiger partial charge in [0.15, 0.2) is 5.82 Å². The number of nitrogens with zero attached hydrogens (tertiary/aromatic N) is 2. The number of hydrogen-bond donors (Lipinski definition) is 2. The summed E-state index contributed by atoms with van der Waals surface area (Å²) in [5, 5.41) is 20.1. The Balaban J connectivity index is 2.43. The molecule has 1 atom stereocenters. The van der Waals surface area contributed by atoms with E-state index in [0.717, 1.165) is 6.07 Å². The van der Waals surface area contributed by atoms with Crippen molar-refractivity contribution in [2.75, 3.05) is 18.9 Å². The smallest absolute Gasteiger partial charge is 0.285 e. The number of nitrogens with two attached hydrogens (primary N) is 1. The quantitative estimate of drug-likeness (QED) is 0.487. The SMILES string of the molecule is Nc1cc(C(=O)N2CCCC2CO)c([N+](=O)[O-])cc1F. The number of likely N-dealkylation sites (tertiary alicyclic amines) is 1. The van der Waals surface area contributed by atoms with E-state index in [0.29, 0.717) is 25.5 Å². The number of amides is 1. The summed E-state index contributed by atoms with van der Waals surface area (Å²) in [6.07, 6.45) is 1.34. The summed E-state index contributed by atoms with van der Waals surface area (Å²) in [5.41, 5.74) is 4.18. The average molecular weight is 283 g/mol. The molecule has 0 saturated carbocycles. The molecule has 8 heteroatoms. The van der Waals surface area contributed by atoms with E-state index in [2.05, 4.69) is 0 Å². The van der Waals surface area contributed by atoms with Gasteiger partial charge in [0.2, 0.25) is 0 Å². The van der Waals surface area contributed by atoms with Crippen LogP contribution < -0.4 is 5.73 Å². The molecule has 0 aromatic heterocycles. The Morgan fingerprint density at radius 3 is 2.90 bits per heavy atom. The summed E-state index contributed by atoms with van der Waals surface area (Å²) in [7, 11) is 0. The number of hydrogen-bond acceptors (Lipinski definition) is 5. The minimum Gasteiger partial charge on any atom is -0.396 e. The number of carbonyl (C=O) groups is 1. The fourth-order valence-electron chi connectivity index (χ4n) is 2.35. The van der Waals surface area contributed by atoms with Crippen LogP contribution in [0.2, 0.25) is 0 Å². The van der Waals surface area contributed by atoms with Crippen LogP contribution in [0.1, 0.15) is 23.2 Å². The third kappa shape index (κ3) is 2.42. The lowest BCUT2D eigenvalue weighted by Gasteiger charge is -2.23. The van der Waals surface area contributed by atoms with E-state index in [1.54, 1.807) is 0 Å². The van der Waals surface area contributed by atoms with Crippen molar-refractivity contribution in [3.05, 3.63) is 33.6 Å². The van der Waals surface area contributed by atoms with Gasteiger partial charge in [0.05, 0.1) is 29.3 Å². The molecule has 1 saturated heterocycles. The van der Waals surface area contributed by atoms with E-state index in [1.165, 1.54) is 4.90 Å². The fourth-order valence-corrected chi connectivity index (χ4v) is 2.35. The van der Waals surface area contributed by atoms with Gasteiger partial charge in [0, 0.05) is 6.54 Å². The number of nitro benzene ring substituents is 1. The molecule has 1 aliphatic heterocycles. The molecule has 7 nitrogen and oxygen atoms in total. The molecule has 3 N–H and O–H groups in total. The van der Waals surface area contributed by atoms with E-state index >= 15 is 0 Å². The highest BCUT2D eigenvalue weighted by Gasteiger charge is 2.33. The maximum atomic E-state index is 13.3. The van der Waals surface area contributed by atoms with Crippen molar-refractivity contribution in [1.82, 2.24) is 4.90 Å². The highest BCUT2D eigenvalue weighted by Crippen LogP contribution is 2.28. The molecule has 1 aromatic carbocycles. The third-order valence-electron chi connectivity index (χ3n) is 3.39. The Morgan fingerprint density at radius 2 is 2.30 bits per heavy atom. The number of aliphatic hydroxyl groups is 1. The van der Waals surface area contributed by atoms with Gasteiger partial charge in [-0.25, -0.2) is 4.39 Å². The summed E-state index contributed by atoms with van der Waals surface area (Å²) in [6, 6.07) is 1.25. The summed E-state index contributed by atoms with van der Waals surface area (Å²) in [5.74, 6) is -1.55. The Bertz CT molecular complexity index is 564. The van der Waals surface area contributed by atoms with E-state index < -0.39 is 22.3 Å². The van der Waals surface area contributed by atoms with E-state index in [4.69, 9.17) is 5.73 Å². The van der Waals surface area contributed by atoms with Crippen molar-refractivity contribution in [3.8, 4) is 0 Å². The number of nitrogen functional groups attached to an aromatic ring is 1. The molecule has 0 bridgehead atoms. The molecule has 1 fully saturated rings. The van der Waals surface area contributed by atoms with Crippen LogP contribution in [-0.2, 0) is 0 Å². The standard InChI is InChI=1S/C12H14FN3O4/c13-9-5-11(16(19)20)8(4-10(9)14)12(18)15-3-1-2-7(15)6-17/h4-5,7,17H,1-3,6,14H2. The third-order valence-corrected chi connectivity index (χ3v) is 3.39. The molecular formula is C12H14FN3O4. The maximum absolute atomic E-state index is 13.3. The minimum atomic E-state index is -0.937. The molecular weight excluding hydrogens is 269 g/mol. The Hall–Kier alpha value is -2.22. The Labute approximate surface area is 113 Å². The highest BCUT2D eigenvalue weighted by atomic mass is 19.1. The molecule has 1 heterocycles. The van der Waals surface area contributed by atoms with Crippen LogP contribution in [0, 0.1) is 15.9 Å². The first-order valence-electron chi connectivity index (χ1n) is 6.11. The van der Waals surface area contributed by atoms with Gasteiger partial charge in [0.25, 0.3) is 11.6 Å². The summed E-state index contributed by atoms with van der Waals surface area (Å²) < 4.78 is 13.3. The zero-order valence-electron chi connectivity index (χ0n) is 10.6. The number of anilines is 1. The second-order valence-corrected chi connectivity index (χ2v) is 4.63. The van der Waals surface area contributed by atoms with Crippen LogP contribution >= 0.6 is 0 Å². The number of benzene rings is 1. The highest BCUT2D eigenvalue weighted by molar-refractivity contribution is 5.99. The first-order valence-corrected chi connectivity index (χ1v) is 6.11. The summed E-state index contributed by atoms with van der Waals surface area (Å²) in [4.78, 5) is 23.8. The number of rotatable bonds is 3. The number of aliphatic hydroxyl groups excluding tert-OH is 1. The van der Waals surface area contributed by atoms with Gasteiger partial charge >= 0.3 is 0 Å². The van der Waals surface area contributed by atoms with Crippen LogP contribution in [0.25, 0.3) is 0 Å². The first kappa shape index (κ1) is 14.2. The molecule has 1 amide bonds. The molecule has 108 valence electrons. The van der Waals surface area contributed by atoms with Gasteiger partial charge in [-0.2, -0.15) is 0 Å². The zero-order chi connectivity index (χ0) is 14.9. The molecule has 0 radical (unpaired) electrons. The van der Waals surface area contributed by atoms with Crippen LogP contribution in [0.3, 0.4) is 0 Å². The van der Waals surface area contributed by atoms with Crippen LogP contribution in [0.4, 0.5) is 15.8 Å². The lowest BCUT2D eigenvalue weighted by Crippen LogP contribution is -2.38. The van der Waals surface area contributed by atoms with Crippen molar-refractivity contribution < 1.29 is 19.2 Å². The molecule has 0 spiro atoms. The van der Waals surface area contributed by atoms with Gasteiger partial charge in [-0.05, 0) is 18.9 Å². The van der Waals surface area contributed by atoms with Gasteiger partial charge in [-0.15, -0.1) is 0 Å². The second-order valence-electron chi connectivity index (χ2n) is 4.63. The first-order chi connectivity index (χ1) is 9.45. The largest absolute Gasteiger partial charge is 0.396 e. The molecule has 0 aliphatic carbocycles. The van der Waals surface area contributed by atoms with Crippen molar-refractivity contribution >= 4 is 17.3 Å². The van der Waals surface area contributed by atoms with E-state index in [1.807, 2.05) is 0 Å². The van der Waals surface area contributed by atoms with Crippen molar-refractivity contribution in [2.45, 2.75) is 18.9 Å². The van der Waals surface area contributed by atoms with Crippen LogP contribution in [0.15, 0.2) is 12.1 Å². The van der Waals surface area contributed by atoms with E-state index in [-0.39, 0.29) is 23.9 Å². The summed E-state index contributed by atoms with van der Waals surface area (Å²) >= 11 is 0. The molecule has 2 rings (SSSR count). The lowest BCUT2D eigenvalue weighted by atomic mass is 10.1. The Kier molecular flexibility index (Phi) is 3.84. The van der Waals surface area contributed by atoms with Crippen molar-refractivity contribution in [2.24, 2.45) is 0 Å². The normalized spacial score (nSPS) is 18.3. The molecule has 1 unspecified atom stereocenters. The molecule has 20 heavy (non-hydrogen) atoms. The molecule has 1 aliphatic rings. The van der Waals surface area contributed by atoms with Crippen LogP contribution in [0.5, 0.6) is 0 Å².